The van der Waals surface area contributed by atoms with E-state index in [9.17, 15) is 19.5 Å². The van der Waals surface area contributed by atoms with Gasteiger partial charge in [-0.25, -0.2) is 14.8 Å². The minimum atomic E-state index is -1.28. The second kappa shape index (κ2) is 15.9. The Balaban J connectivity index is 0.00000308. The molecule has 5 N–H and O–H groups in total. The Labute approximate surface area is 254 Å². The number of carboxylic acid groups (broad SMARTS) is 2. The quantitative estimate of drug-likeness (QED) is 0.145. The van der Waals surface area contributed by atoms with Gasteiger partial charge >= 0.3 is 11.9 Å². The highest BCUT2D eigenvalue weighted by Gasteiger charge is 2.21. The third-order valence-corrected chi connectivity index (χ3v) is 6.06. The molecule has 220 valence electrons. The molecule has 0 spiro atoms. The average molecular weight is 614 g/mol. The molecule has 0 saturated heterocycles. The Bertz CT molecular complexity index is 1510. The van der Waals surface area contributed by atoms with Crippen molar-refractivity contribution < 1.29 is 24.6 Å². The van der Waals surface area contributed by atoms with E-state index in [2.05, 4.69) is 30.9 Å². The van der Waals surface area contributed by atoms with E-state index in [0.717, 1.165) is 33.8 Å². The van der Waals surface area contributed by atoms with Crippen molar-refractivity contribution >= 4 is 60.0 Å². The molecule has 0 aliphatic heterocycles. The van der Waals surface area contributed by atoms with Crippen molar-refractivity contribution in [3.05, 3.63) is 95.9 Å². The number of aryl methyl sites for hydroxylation is 1. The summed E-state index contributed by atoms with van der Waals surface area (Å²) in [5.74, 6) is -2.53. The van der Waals surface area contributed by atoms with Crippen LogP contribution in [0.1, 0.15) is 34.3 Å². The number of carboxylic acids is 2. The van der Waals surface area contributed by atoms with Crippen LogP contribution in [0.4, 0.5) is 17.3 Å². The largest absolute Gasteiger partial charge is 0.481 e. The molecule has 42 heavy (non-hydrogen) atoms. The minimum absolute atomic E-state index is 0. The number of benzene rings is 2. The van der Waals surface area contributed by atoms with Crippen LogP contribution in [0.5, 0.6) is 0 Å². The van der Waals surface area contributed by atoms with Gasteiger partial charge in [-0.05, 0) is 66.9 Å². The molecule has 4 aromatic rings. The summed E-state index contributed by atoms with van der Waals surface area (Å²) in [6.07, 6.45) is 4.59. The second-order valence-corrected chi connectivity index (χ2v) is 9.01. The van der Waals surface area contributed by atoms with E-state index in [1.165, 1.54) is 0 Å². The fourth-order valence-electron chi connectivity index (χ4n) is 3.83. The number of hydrogen-bond acceptors (Lipinski definition) is 8. The lowest BCUT2D eigenvalue weighted by Crippen LogP contribution is -2.41. The molecule has 0 radical (unpaired) electrons. The molecule has 0 aliphatic carbocycles. The standard InChI is InChI=1S/C29H28N6O5.2ClH/c1-18-4-9-22(15-25(18)35-29-31-14-12-23(34-29)21-3-2-13-30-17-21)32-16-19-5-7-20(8-6-19)27(38)33-24(28(39)40)10-11-26(36)37;;/h2-9,12-15,17,24,32H,10-11,16H2,1H3,(H,33,38)(H,36,37)(H,39,40)(H,31,34,35);2*1H. The number of nitrogens with one attached hydrogen (secondary N) is 3. The highest BCUT2D eigenvalue weighted by molar-refractivity contribution is 5.96. The van der Waals surface area contributed by atoms with Crippen LogP contribution in [0.25, 0.3) is 11.3 Å². The SMILES string of the molecule is Cc1ccc(NCc2ccc(C(=O)NC(CCC(=O)O)C(=O)O)cc2)cc1Nc1nccc(-c2cccnc2)n1.Cl.Cl. The first-order valence-electron chi connectivity index (χ1n) is 12.5. The fourth-order valence-corrected chi connectivity index (χ4v) is 3.83. The van der Waals surface area contributed by atoms with Crippen LogP contribution in [-0.4, -0.2) is 49.1 Å². The maximum Gasteiger partial charge on any atom is 0.326 e. The smallest absolute Gasteiger partial charge is 0.326 e. The number of hydrogen-bond donors (Lipinski definition) is 5. The van der Waals surface area contributed by atoms with Gasteiger partial charge in [0.1, 0.15) is 6.04 Å². The van der Waals surface area contributed by atoms with Gasteiger partial charge in [0, 0.05) is 54.1 Å². The lowest BCUT2D eigenvalue weighted by molar-refractivity contribution is -0.140. The van der Waals surface area contributed by atoms with Crippen LogP contribution in [0.2, 0.25) is 0 Å². The normalized spacial score (nSPS) is 10.8. The van der Waals surface area contributed by atoms with E-state index in [0.29, 0.717) is 12.5 Å². The first-order valence-corrected chi connectivity index (χ1v) is 12.5. The topological polar surface area (TPSA) is 166 Å². The van der Waals surface area contributed by atoms with E-state index >= 15 is 0 Å². The molecular formula is C29H30Cl2N6O5. The van der Waals surface area contributed by atoms with Gasteiger partial charge < -0.3 is 26.2 Å². The molecule has 1 unspecified atom stereocenters. The van der Waals surface area contributed by atoms with Gasteiger partial charge in [0.05, 0.1) is 5.69 Å². The number of pyridine rings is 1. The molecule has 0 aliphatic rings. The predicted molar refractivity (Wildman–Crippen MR) is 164 cm³/mol. The third-order valence-electron chi connectivity index (χ3n) is 6.06. The molecule has 13 heteroatoms. The van der Waals surface area contributed by atoms with E-state index in [4.69, 9.17) is 5.11 Å². The molecule has 0 saturated carbocycles. The molecule has 0 bridgehead atoms. The summed E-state index contributed by atoms with van der Waals surface area (Å²) >= 11 is 0. The van der Waals surface area contributed by atoms with Gasteiger partial charge in [0.15, 0.2) is 0 Å². The lowest BCUT2D eigenvalue weighted by atomic mass is 10.1. The maximum absolute atomic E-state index is 12.5. The number of amides is 1. The van der Waals surface area contributed by atoms with E-state index in [-0.39, 0.29) is 43.2 Å². The number of carbonyl (C=O) groups is 3. The van der Waals surface area contributed by atoms with Crippen molar-refractivity contribution in [2.45, 2.75) is 32.4 Å². The Morgan fingerprint density at radius 3 is 2.38 bits per heavy atom. The minimum Gasteiger partial charge on any atom is -0.481 e. The second-order valence-electron chi connectivity index (χ2n) is 9.01. The van der Waals surface area contributed by atoms with E-state index in [1.54, 1.807) is 42.9 Å². The van der Waals surface area contributed by atoms with Crippen LogP contribution in [0.3, 0.4) is 0 Å². The summed E-state index contributed by atoms with van der Waals surface area (Å²) in [5, 5.41) is 27.0. The van der Waals surface area contributed by atoms with Gasteiger partial charge in [-0.1, -0.05) is 18.2 Å². The van der Waals surface area contributed by atoms with Crippen LogP contribution < -0.4 is 16.0 Å². The number of nitrogens with zero attached hydrogens (tertiary/aromatic N) is 3. The Kier molecular flexibility index (Phi) is 12.7. The van der Waals surface area contributed by atoms with Crippen molar-refractivity contribution in [1.82, 2.24) is 20.3 Å². The van der Waals surface area contributed by atoms with Crippen molar-refractivity contribution in [1.29, 1.82) is 0 Å². The molecule has 4 rings (SSSR count). The number of halogens is 2. The Morgan fingerprint density at radius 2 is 1.71 bits per heavy atom. The first-order chi connectivity index (χ1) is 19.3. The highest BCUT2D eigenvalue weighted by Crippen LogP contribution is 2.24. The third kappa shape index (κ3) is 9.43. The zero-order valence-corrected chi connectivity index (χ0v) is 24.1. The van der Waals surface area contributed by atoms with E-state index in [1.807, 2.05) is 43.3 Å². The lowest BCUT2D eigenvalue weighted by Gasteiger charge is -2.14. The predicted octanol–water partition coefficient (Wildman–Crippen LogP) is 5.09. The van der Waals surface area contributed by atoms with Gasteiger partial charge in [-0.15, -0.1) is 24.8 Å². The van der Waals surface area contributed by atoms with Crippen molar-refractivity contribution in [3.63, 3.8) is 0 Å². The number of aromatic nitrogens is 3. The first kappa shape index (κ1) is 33.5. The van der Waals surface area contributed by atoms with Crippen LogP contribution in [0.15, 0.2) is 79.3 Å². The summed E-state index contributed by atoms with van der Waals surface area (Å²) in [5.41, 5.74) is 5.55. The van der Waals surface area contributed by atoms with E-state index < -0.39 is 23.9 Å². The van der Waals surface area contributed by atoms with Crippen LogP contribution in [0, 0.1) is 6.92 Å². The summed E-state index contributed by atoms with van der Waals surface area (Å²) in [6.45, 7) is 2.46. The Morgan fingerprint density at radius 1 is 0.952 bits per heavy atom. The van der Waals surface area contributed by atoms with Crippen LogP contribution >= 0.6 is 24.8 Å². The summed E-state index contributed by atoms with van der Waals surface area (Å²) < 4.78 is 0. The molecule has 2 heterocycles. The van der Waals surface area contributed by atoms with Crippen molar-refractivity contribution in [2.24, 2.45) is 0 Å². The number of carbonyl (C=O) groups excluding carboxylic acids is 1. The summed E-state index contributed by atoms with van der Waals surface area (Å²) in [7, 11) is 0. The summed E-state index contributed by atoms with van der Waals surface area (Å²) in [6, 6.07) is 16.9. The van der Waals surface area contributed by atoms with Crippen LogP contribution in [-0.2, 0) is 16.1 Å². The van der Waals surface area contributed by atoms with Gasteiger partial charge in [0.25, 0.3) is 5.91 Å². The molecule has 11 nitrogen and oxygen atoms in total. The number of aliphatic carboxylic acids is 2. The van der Waals surface area contributed by atoms with Gasteiger partial charge in [-0.2, -0.15) is 0 Å². The average Bonchev–Trinajstić information content (AvgIpc) is 2.96. The molecule has 1 amide bonds. The molecule has 0 fully saturated rings. The maximum atomic E-state index is 12.5. The number of anilines is 3. The Hall–Kier alpha value is -4.74. The molecule has 2 aromatic carbocycles. The zero-order chi connectivity index (χ0) is 28.5. The molecular weight excluding hydrogens is 583 g/mol. The number of rotatable bonds is 12. The highest BCUT2D eigenvalue weighted by atomic mass is 35.5. The van der Waals surface area contributed by atoms with Crippen molar-refractivity contribution in [2.75, 3.05) is 10.6 Å². The fraction of sp³-hybridized carbons (Fsp3) is 0.172. The molecule has 2 aromatic heterocycles. The zero-order valence-electron chi connectivity index (χ0n) is 22.5. The summed E-state index contributed by atoms with van der Waals surface area (Å²) in [4.78, 5) is 47.6. The monoisotopic (exact) mass is 612 g/mol. The van der Waals surface area contributed by atoms with Crippen molar-refractivity contribution in [3.8, 4) is 11.3 Å². The van der Waals surface area contributed by atoms with Gasteiger partial charge in [-0.3, -0.25) is 14.6 Å². The van der Waals surface area contributed by atoms with Gasteiger partial charge in [0.2, 0.25) is 5.95 Å². The molecule has 1 atom stereocenters.